The fraction of sp³-hybridized carbons (Fsp3) is 0.150. The van der Waals surface area contributed by atoms with Gasteiger partial charge in [-0.15, -0.1) is 11.3 Å². The maximum absolute atomic E-state index is 13.1. The van der Waals surface area contributed by atoms with Crippen molar-refractivity contribution in [2.45, 2.75) is 19.5 Å². The largest absolute Gasteiger partial charge is 0.758 e. The minimum atomic E-state index is -0.664. The molecule has 1 atom stereocenters. The summed E-state index contributed by atoms with van der Waals surface area (Å²) in [7, 11) is 0. The third kappa shape index (κ3) is 4.55. The zero-order valence-electron chi connectivity index (χ0n) is 14.1. The molecule has 0 aliphatic rings. The van der Waals surface area contributed by atoms with Gasteiger partial charge in [0.15, 0.2) is 12.4 Å². The number of carbonyl (C=O) groups is 1. The third-order valence-electron chi connectivity index (χ3n) is 3.83. The SMILES string of the molecule is Cc1ccc[n+]([C@H](C(=O)c2ccc(Cl)s2)C([S-])=NCc2ccccc2)c1. The molecule has 132 valence electrons. The van der Waals surface area contributed by atoms with Crippen LogP contribution in [-0.2, 0) is 19.2 Å². The van der Waals surface area contributed by atoms with Gasteiger partial charge in [0.05, 0.1) is 15.8 Å². The number of pyridine rings is 1. The molecule has 0 aliphatic heterocycles. The fourth-order valence-electron chi connectivity index (χ4n) is 2.57. The Bertz CT molecular complexity index is 938. The van der Waals surface area contributed by atoms with E-state index in [-0.39, 0.29) is 5.78 Å². The Morgan fingerprint density at radius 2 is 1.96 bits per heavy atom. The maximum Gasteiger partial charge on any atom is 0.244 e. The van der Waals surface area contributed by atoms with E-state index < -0.39 is 6.04 Å². The van der Waals surface area contributed by atoms with Crippen molar-refractivity contribution in [1.29, 1.82) is 0 Å². The summed E-state index contributed by atoms with van der Waals surface area (Å²) in [6.45, 7) is 2.42. The third-order valence-corrected chi connectivity index (χ3v) is 5.42. The molecule has 0 saturated heterocycles. The van der Waals surface area contributed by atoms with Gasteiger partial charge in [-0.2, -0.15) is 4.57 Å². The van der Waals surface area contributed by atoms with Crippen LogP contribution in [0.2, 0.25) is 4.34 Å². The van der Waals surface area contributed by atoms with E-state index in [9.17, 15) is 4.79 Å². The number of ketones is 1. The predicted octanol–water partition coefficient (Wildman–Crippen LogP) is 4.57. The molecule has 2 heterocycles. The van der Waals surface area contributed by atoms with Gasteiger partial charge in [-0.05, 0) is 35.7 Å². The van der Waals surface area contributed by atoms with Crippen molar-refractivity contribution in [1.82, 2.24) is 0 Å². The zero-order chi connectivity index (χ0) is 18.5. The Morgan fingerprint density at radius 3 is 2.62 bits per heavy atom. The van der Waals surface area contributed by atoms with Gasteiger partial charge in [0, 0.05) is 11.6 Å². The summed E-state index contributed by atoms with van der Waals surface area (Å²) >= 11 is 12.8. The molecule has 0 aliphatic carbocycles. The van der Waals surface area contributed by atoms with Crippen LogP contribution < -0.4 is 4.57 Å². The number of carbonyl (C=O) groups excluding carboxylic acids is 1. The summed E-state index contributed by atoms with van der Waals surface area (Å²) in [6, 6.07) is 16.5. The molecule has 3 nitrogen and oxygen atoms in total. The molecule has 0 N–H and O–H groups in total. The highest BCUT2D eigenvalue weighted by molar-refractivity contribution is 7.77. The summed E-state index contributed by atoms with van der Waals surface area (Å²) in [5.74, 6) is -0.0979. The molecule has 0 amide bonds. The summed E-state index contributed by atoms with van der Waals surface area (Å²) in [6.07, 6.45) is 3.75. The van der Waals surface area contributed by atoms with Crippen LogP contribution >= 0.6 is 22.9 Å². The first-order valence-electron chi connectivity index (χ1n) is 8.07. The van der Waals surface area contributed by atoms with Crippen molar-refractivity contribution in [3.63, 3.8) is 0 Å². The van der Waals surface area contributed by atoms with Crippen molar-refractivity contribution in [2.24, 2.45) is 4.99 Å². The number of aromatic nitrogens is 1. The van der Waals surface area contributed by atoms with Crippen LogP contribution in [0.4, 0.5) is 0 Å². The minimum absolute atomic E-state index is 0.0979. The van der Waals surface area contributed by atoms with E-state index in [4.69, 9.17) is 24.2 Å². The van der Waals surface area contributed by atoms with Gasteiger partial charge in [0.2, 0.25) is 11.8 Å². The fourth-order valence-corrected chi connectivity index (χ4v) is 3.87. The number of Topliss-reactive ketones (excluding diaryl/α,β-unsaturated/α-hetero) is 1. The van der Waals surface area contributed by atoms with Crippen molar-refractivity contribution in [3.8, 4) is 0 Å². The van der Waals surface area contributed by atoms with Crippen LogP contribution in [0.3, 0.4) is 0 Å². The summed E-state index contributed by atoms with van der Waals surface area (Å²) < 4.78 is 2.40. The number of hydrogen-bond donors (Lipinski definition) is 0. The molecular weight excluding hydrogens is 384 g/mol. The number of halogens is 1. The first-order valence-corrected chi connectivity index (χ1v) is 9.67. The summed E-state index contributed by atoms with van der Waals surface area (Å²) in [5, 5.41) is 0.360. The van der Waals surface area contributed by atoms with Crippen LogP contribution in [0.15, 0.2) is 72.0 Å². The van der Waals surface area contributed by atoms with E-state index in [1.807, 2.05) is 66.3 Å². The van der Waals surface area contributed by atoms with Crippen LogP contribution in [0.1, 0.15) is 26.8 Å². The number of rotatable bonds is 6. The highest BCUT2D eigenvalue weighted by Crippen LogP contribution is 2.24. The lowest BCUT2D eigenvalue weighted by Crippen LogP contribution is -2.47. The lowest BCUT2D eigenvalue weighted by Gasteiger charge is -2.18. The normalized spacial score (nSPS) is 12.8. The average molecular weight is 401 g/mol. The molecule has 0 fully saturated rings. The molecule has 0 radical (unpaired) electrons. The second-order valence-electron chi connectivity index (χ2n) is 5.84. The second kappa shape index (κ2) is 8.54. The van der Waals surface area contributed by atoms with Gasteiger partial charge in [0.25, 0.3) is 0 Å². The second-order valence-corrected chi connectivity index (χ2v) is 7.97. The highest BCUT2D eigenvalue weighted by atomic mass is 35.5. The van der Waals surface area contributed by atoms with E-state index in [1.165, 1.54) is 11.3 Å². The topological polar surface area (TPSA) is 33.3 Å². The first-order chi connectivity index (χ1) is 12.5. The quantitative estimate of drug-likeness (QED) is 0.200. The molecule has 26 heavy (non-hydrogen) atoms. The number of benzene rings is 1. The number of thiophene rings is 1. The molecule has 1 aromatic carbocycles. The molecule has 0 saturated carbocycles. The van der Waals surface area contributed by atoms with Crippen LogP contribution in [0.5, 0.6) is 0 Å². The van der Waals surface area contributed by atoms with E-state index in [0.717, 1.165) is 11.1 Å². The van der Waals surface area contributed by atoms with Crippen molar-refractivity contribution in [2.75, 3.05) is 0 Å². The molecule has 3 rings (SSSR count). The molecule has 0 unspecified atom stereocenters. The van der Waals surface area contributed by atoms with Crippen LogP contribution in [0, 0.1) is 6.92 Å². The average Bonchev–Trinajstić information content (AvgIpc) is 3.07. The molecule has 3 aromatic rings. The Balaban J connectivity index is 1.95. The van der Waals surface area contributed by atoms with E-state index in [0.29, 0.717) is 20.8 Å². The molecule has 0 bridgehead atoms. The molecule has 6 heteroatoms. The minimum Gasteiger partial charge on any atom is -0.758 e. The molecule has 2 aromatic heterocycles. The Hall–Kier alpha value is -2.08. The number of aryl methyl sites for hydroxylation is 1. The monoisotopic (exact) mass is 400 g/mol. The zero-order valence-corrected chi connectivity index (χ0v) is 16.5. The smallest absolute Gasteiger partial charge is 0.244 e. The summed E-state index contributed by atoms with van der Waals surface area (Å²) in [4.78, 5) is 18.2. The number of nitrogens with zero attached hydrogens (tertiary/aromatic N) is 2. The van der Waals surface area contributed by atoms with Crippen molar-refractivity contribution >= 4 is 46.4 Å². The lowest BCUT2D eigenvalue weighted by atomic mass is 10.1. The molecular formula is C20H17ClN2OS2. The van der Waals surface area contributed by atoms with Crippen LogP contribution in [-0.4, -0.2) is 10.8 Å². The predicted molar refractivity (Wildman–Crippen MR) is 109 cm³/mol. The lowest BCUT2D eigenvalue weighted by molar-refractivity contribution is -0.692. The number of aliphatic imine (C=N–C) groups is 1. The van der Waals surface area contributed by atoms with E-state index in [2.05, 4.69) is 4.99 Å². The standard InChI is InChI=1S/C20H17ClN2OS2/c1-14-6-5-11-23(13-14)18(19(24)16-9-10-17(21)26-16)20(25)22-12-15-7-3-2-4-8-15/h2-11,13,18H,12H2,1H3/t18-/m1/s1. The Morgan fingerprint density at radius 1 is 1.19 bits per heavy atom. The van der Waals surface area contributed by atoms with E-state index >= 15 is 0 Å². The summed E-state index contributed by atoms with van der Waals surface area (Å²) in [5.41, 5.74) is 2.09. The highest BCUT2D eigenvalue weighted by Gasteiger charge is 2.29. The van der Waals surface area contributed by atoms with Gasteiger partial charge >= 0.3 is 0 Å². The van der Waals surface area contributed by atoms with Gasteiger partial charge in [-0.25, -0.2) is 0 Å². The van der Waals surface area contributed by atoms with Gasteiger partial charge < -0.3 is 17.6 Å². The van der Waals surface area contributed by atoms with E-state index in [1.54, 1.807) is 12.1 Å². The molecule has 0 spiro atoms. The van der Waals surface area contributed by atoms with Crippen LogP contribution in [0.25, 0.3) is 0 Å². The van der Waals surface area contributed by atoms with Crippen molar-refractivity contribution < 1.29 is 9.36 Å². The van der Waals surface area contributed by atoms with Crippen molar-refractivity contribution in [3.05, 3.63) is 87.3 Å². The van der Waals surface area contributed by atoms with Gasteiger partial charge in [-0.1, -0.05) is 41.9 Å². The number of hydrogen-bond acceptors (Lipinski definition) is 4. The first kappa shape index (κ1) is 18.7. The van der Waals surface area contributed by atoms with Gasteiger partial charge in [0.1, 0.15) is 0 Å². The maximum atomic E-state index is 13.1. The van der Waals surface area contributed by atoms with Gasteiger partial charge in [-0.3, -0.25) is 4.79 Å². The Labute approximate surface area is 167 Å². The Kier molecular flexibility index (Phi) is 6.14.